The lowest BCUT2D eigenvalue weighted by Crippen LogP contribution is -2.09. The van der Waals surface area contributed by atoms with Gasteiger partial charge in [0.05, 0.1) is 6.29 Å². The number of hydrogen-bond acceptors (Lipinski definition) is 3. The molecule has 5 nitrogen and oxygen atoms in total. The van der Waals surface area contributed by atoms with E-state index in [9.17, 15) is 4.57 Å². The topological polar surface area (TPSA) is 95.6 Å². The second kappa shape index (κ2) is 8.17. The van der Waals surface area contributed by atoms with E-state index in [1.807, 2.05) is 0 Å². The summed E-state index contributed by atoms with van der Waals surface area (Å²) in [4.78, 5) is 15.6. The summed E-state index contributed by atoms with van der Waals surface area (Å²) in [5.74, 6) is 0. The molecule has 0 aliphatic heterocycles. The normalized spacial score (nSPS) is 10.3. The van der Waals surface area contributed by atoms with Gasteiger partial charge >= 0.3 is 7.60 Å². The average molecular weight is 184 g/mol. The Morgan fingerprint density at radius 2 is 1.64 bits per heavy atom. The molecule has 0 aromatic carbocycles. The highest BCUT2D eigenvalue weighted by Gasteiger charge is 2.05. The van der Waals surface area contributed by atoms with Crippen molar-refractivity contribution in [3.63, 3.8) is 0 Å². The van der Waals surface area contributed by atoms with Gasteiger partial charge in [0.1, 0.15) is 0 Å². The van der Waals surface area contributed by atoms with Gasteiger partial charge in [-0.3, -0.25) is 4.57 Å². The molecule has 5 N–H and O–H groups in total. The van der Waals surface area contributed by atoms with Gasteiger partial charge in [-0.1, -0.05) is 13.8 Å². The zero-order valence-electron chi connectivity index (χ0n) is 6.95. The fourth-order valence-corrected chi connectivity index (χ4v) is 0.250. The van der Waals surface area contributed by atoms with Crippen molar-refractivity contribution in [1.29, 1.82) is 0 Å². The predicted octanol–water partition coefficient (Wildman–Crippen LogP) is -0.304. The monoisotopic (exact) mass is 184 g/mol. The third kappa shape index (κ3) is 25.5. The lowest BCUT2D eigenvalue weighted by Gasteiger charge is -1.92. The zero-order chi connectivity index (χ0) is 9.33. The highest BCUT2D eigenvalue weighted by atomic mass is 31.2. The van der Waals surface area contributed by atoms with Crippen LogP contribution < -0.4 is 11.1 Å². The van der Waals surface area contributed by atoms with Crippen LogP contribution in [0.25, 0.3) is 0 Å². The van der Waals surface area contributed by atoms with Crippen molar-refractivity contribution >= 4 is 7.60 Å². The predicted molar refractivity (Wildman–Crippen MR) is 45.3 cm³/mol. The van der Waals surface area contributed by atoms with E-state index in [0.29, 0.717) is 0 Å². The van der Waals surface area contributed by atoms with Crippen LogP contribution in [0.15, 0.2) is 0 Å². The second-order valence-corrected chi connectivity index (χ2v) is 3.50. The third-order valence-corrected chi connectivity index (χ3v) is 1.21. The molecule has 0 fully saturated rings. The van der Waals surface area contributed by atoms with Crippen molar-refractivity contribution in [2.75, 3.05) is 19.4 Å². The SMILES string of the molecule is CCNCC.NCP(=O)(O)O. The van der Waals surface area contributed by atoms with Crippen molar-refractivity contribution in [2.24, 2.45) is 5.73 Å². The molecular formula is C5H17N2O3P. The summed E-state index contributed by atoms with van der Waals surface area (Å²) in [6.45, 7) is 6.39. The molecule has 0 aromatic heterocycles. The third-order valence-electron chi connectivity index (χ3n) is 0.738. The van der Waals surface area contributed by atoms with Crippen LogP contribution in [0.2, 0.25) is 0 Å². The van der Waals surface area contributed by atoms with E-state index in [2.05, 4.69) is 24.9 Å². The van der Waals surface area contributed by atoms with Gasteiger partial charge in [0.2, 0.25) is 0 Å². The fraction of sp³-hybridized carbons (Fsp3) is 1.00. The number of rotatable bonds is 3. The molecule has 0 heterocycles. The van der Waals surface area contributed by atoms with E-state index in [-0.39, 0.29) is 0 Å². The van der Waals surface area contributed by atoms with Gasteiger partial charge in [-0.05, 0) is 13.1 Å². The summed E-state index contributed by atoms with van der Waals surface area (Å²) in [6.07, 6.45) is -0.562. The van der Waals surface area contributed by atoms with Gasteiger partial charge in [0.15, 0.2) is 0 Å². The van der Waals surface area contributed by atoms with Gasteiger partial charge < -0.3 is 20.8 Å². The molecule has 0 amide bonds. The molecule has 0 saturated carbocycles. The molecule has 0 spiro atoms. The van der Waals surface area contributed by atoms with E-state index in [1.54, 1.807) is 0 Å². The number of nitrogens with one attached hydrogen (secondary N) is 1. The van der Waals surface area contributed by atoms with Crippen LogP contribution in [-0.4, -0.2) is 29.2 Å². The summed E-state index contributed by atoms with van der Waals surface area (Å²) < 4.78 is 9.57. The summed E-state index contributed by atoms with van der Waals surface area (Å²) in [5, 5.41) is 3.11. The maximum Gasteiger partial charge on any atom is 0.338 e. The molecule has 0 unspecified atom stereocenters. The van der Waals surface area contributed by atoms with Crippen LogP contribution in [0.5, 0.6) is 0 Å². The van der Waals surface area contributed by atoms with Crippen LogP contribution in [0.3, 0.4) is 0 Å². The first-order chi connectivity index (χ1) is 4.97. The summed E-state index contributed by atoms with van der Waals surface area (Å²) in [7, 11) is -3.87. The first-order valence-electron chi connectivity index (χ1n) is 3.43. The van der Waals surface area contributed by atoms with E-state index >= 15 is 0 Å². The van der Waals surface area contributed by atoms with Crippen LogP contribution in [-0.2, 0) is 4.57 Å². The zero-order valence-corrected chi connectivity index (χ0v) is 7.84. The first kappa shape index (κ1) is 13.6. The molecule has 6 heteroatoms. The Hall–Kier alpha value is 0.0700. The van der Waals surface area contributed by atoms with E-state index in [0.717, 1.165) is 13.1 Å². The highest BCUT2D eigenvalue weighted by Crippen LogP contribution is 2.30. The van der Waals surface area contributed by atoms with Crippen LogP contribution in [0.4, 0.5) is 0 Å². The van der Waals surface area contributed by atoms with Gasteiger partial charge in [-0.15, -0.1) is 0 Å². The Morgan fingerprint density at radius 3 is 1.64 bits per heavy atom. The molecule has 0 aliphatic carbocycles. The Morgan fingerprint density at radius 1 is 1.36 bits per heavy atom. The minimum absolute atomic E-state index is 0.562. The summed E-state index contributed by atoms with van der Waals surface area (Å²) in [5.41, 5.74) is 4.54. The molecule has 11 heavy (non-hydrogen) atoms. The molecule has 70 valence electrons. The number of hydrogen-bond donors (Lipinski definition) is 4. The average Bonchev–Trinajstić information content (AvgIpc) is 1.90. The van der Waals surface area contributed by atoms with E-state index in [4.69, 9.17) is 9.79 Å². The Labute approximate surface area is 67.1 Å². The minimum atomic E-state index is -3.87. The molecule has 0 saturated heterocycles. The maximum absolute atomic E-state index is 9.57. The van der Waals surface area contributed by atoms with Crippen LogP contribution >= 0.6 is 7.60 Å². The molecule has 0 bridgehead atoms. The largest absolute Gasteiger partial charge is 0.338 e. The van der Waals surface area contributed by atoms with Crippen molar-refractivity contribution in [2.45, 2.75) is 13.8 Å². The van der Waals surface area contributed by atoms with Crippen molar-refractivity contribution in [1.82, 2.24) is 5.32 Å². The quantitative estimate of drug-likeness (QED) is 0.451. The van der Waals surface area contributed by atoms with Gasteiger partial charge in [-0.2, -0.15) is 0 Å². The second-order valence-electron chi connectivity index (χ2n) is 1.80. The van der Waals surface area contributed by atoms with E-state index < -0.39 is 13.9 Å². The van der Waals surface area contributed by atoms with Crippen molar-refractivity contribution in [3.05, 3.63) is 0 Å². The Balaban J connectivity index is 0. The molecule has 0 aromatic rings. The fourth-order valence-electron chi connectivity index (χ4n) is 0.250. The van der Waals surface area contributed by atoms with Crippen molar-refractivity contribution < 1.29 is 14.4 Å². The lowest BCUT2D eigenvalue weighted by atomic mass is 10.7. The van der Waals surface area contributed by atoms with Crippen LogP contribution in [0, 0.1) is 0 Å². The lowest BCUT2D eigenvalue weighted by molar-refractivity contribution is 0.374. The molecular weight excluding hydrogens is 167 g/mol. The standard InChI is InChI=1S/C4H11N.CH6NO3P/c1-3-5-4-2;2-1-6(3,4)5/h5H,3-4H2,1-2H3;1-2H2,(H2,3,4,5). The first-order valence-corrected chi connectivity index (χ1v) is 5.23. The van der Waals surface area contributed by atoms with E-state index in [1.165, 1.54) is 0 Å². The number of nitrogens with two attached hydrogens (primary N) is 1. The minimum Gasteiger partial charge on any atom is -0.324 e. The van der Waals surface area contributed by atoms with Crippen LogP contribution in [0.1, 0.15) is 13.8 Å². The van der Waals surface area contributed by atoms with Gasteiger partial charge in [0, 0.05) is 0 Å². The summed E-state index contributed by atoms with van der Waals surface area (Å²) >= 11 is 0. The Kier molecular flexibility index (Phi) is 10.1. The highest BCUT2D eigenvalue weighted by molar-refractivity contribution is 7.51. The molecule has 0 atom stereocenters. The van der Waals surface area contributed by atoms with Crippen molar-refractivity contribution in [3.8, 4) is 0 Å². The molecule has 0 radical (unpaired) electrons. The summed E-state index contributed by atoms with van der Waals surface area (Å²) in [6, 6.07) is 0. The Bertz CT molecular complexity index is 112. The van der Waals surface area contributed by atoms with Gasteiger partial charge in [0.25, 0.3) is 0 Å². The molecule has 0 aliphatic rings. The smallest absolute Gasteiger partial charge is 0.324 e. The van der Waals surface area contributed by atoms with Gasteiger partial charge in [-0.25, -0.2) is 0 Å². The maximum atomic E-state index is 9.57. The molecule has 0 rings (SSSR count).